The third-order valence-corrected chi connectivity index (χ3v) is 4.58. The molecule has 0 aromatic heterocycles. The van der Waals surface area contributed by atoms with Gasteiger partial charge >= 0.3 is 0 Å². The number of anilines is 1. The second kappa shape index (κ2) is 11.2. The SMILES string of the molecule is CCN(Cc1ccc(OC)c(OC)c1)C(=O)C[NH+](C)CC(=O)Nc1cccc(F)c1. The summed E-state index contributed by atoms with van der Waals surface area (Å²) in [7, 11) is 4.91. The highest BCUT2D eigenvalue weighted by molar-refractivity contribution is 5.91. The van der Waals surface area contributed by atoms with Crippen molar-refractivity contribution in [2.24, 2.45) is 0 Å². The lowest BCUT2D eigenvalue weighted by Gasteiger charge is -2.23. The van der Waals surface area contributed by atoms with Gasteiger partial charge in [0.05, 0.1) is 21.3 Å². The fraction of sp³-hybridized carbons (Fsp3) is 0.364. The molecule has 8 heteroatoms. The first-order valence-electron chi connectivity index (χ1n) is 9.71. The molecule has 0 bridgehead atoms. The smallest absolute Gasteiger partial charge is 0.279 e. The number of quaternary nitrogens is 1. The van der Waals surface area contributed by atoms with Gasteiger partial charge in [0.2, 0.25) is 0 Å². The normalized spacial score (nSPS) is 11.5. The molecule has 0 spiro atoms. The maximum absolute atomic E-state index is 13.2. The summed E-state index contributed by atoms with van der Waals surface area (Å²) in [5, 5.41) is 2.64. The number of hydrogen-bond acceptors (Lipinski definition) is 4. The zero-order valence-corrected chi connectivity index (χ0v) is 17.8. The molecular weight excluding hydrogens is 389 g/mol. The fourth-order valence-corrected chi connectivity index (χ4v) is 3.05. The van der Waals surface area contributed by atoms with Gasteiger partial charge in [0.1, 0.15) is 5.82 Å². The Balaban J connectivity index is 1.91. The van der Waals surface area contributed by atoms with Gasteiger partial charge < -0.3 is 24.6 Å². The molecule has 2 rings (SSSR count). The standard InChI is InChI=1S/C22H28FN3O4/c1-5-26(13-16-9-10-19(29-3)20(11-16)30-4)22(28)15-25(2)14-21(27)24-18-8-6-7-17(23)12-18/h6-12H,5,13-15H2,1-4H3,(H,24,27)/p+1. The quantitative estimate of drug-likeness (QED) is 0.611. The summed E-state index contributed by atoms with van der Waals surface area (Å²) in [6.45, 7) is 3.13. The van der Waals surface area contributed by atoms with Crippen LogP contribution in [0, 0.1) is 5.82 Å². The molecule has 0 aliphatic heterocycles. The summed E-state index contributed by atoms with van der Waals surface area (Å²) in [6, 6.07) is 11.2. The maximum atomic E-state index is 13.2. The Morgan fingerprint density at radius 2 is 1.80 bits per heavy atom. The number of benzene rings is 2. The van der Waals surface area contributed by atoms with Crippen LogP contribution >= 0.6 is 0 Å². The molecule has 0 aliphatic carbocycles. The summed E-state index contributed by atoms with van der Waals surface area (Å²) in [4.78, 5) is 27.3. The molecule has 7 nitrogen and oxygen atoms in total. The second-order valence-electron chi connectivity index (χ2n) is 6.97. The Kier molecular flexibility index (Phi) is 8.61. The van der Waals surface area contributed by atoms with E-state index in [2.05, 4.69) is 5.32 Å². The van der Waals surface area contributed by atoms with Crippen molar-refractivity contribution in [1.82, 2.24) is 4.90 Å². The van der Waals surface area contributed by atoms with Gasteiger partial charge in [-0.15, -0.1) is 0 Å². The van der Waals surface area contributed by atoms with Crippen LogP contribution in [0.1, 0.15) is 12.5 Å². The number of carbonyl (C=O) groups is 2. The number of nitrogens with one attached hydrogen (secondary N) is 2. The average Bonchev–Trinajstić information content (AvgIpc) is 2.71. The van der Waals surface area contributed by atoms with Gasteiger partial charge in [0.25, 0.3) is 11.8 Å². The summed E-state index contributed by atoms with van der Waals surface area (Å²) < 4.78 is 23.8. The van der Waals surface area contributed by atoms with E-state index in [-0.39, 0.29) is 24.9 Å². The molecule has 0 saturated heterocycles. The summed E-state index contributed by atoms with van der Waals surface area (Å²) in [5.74, 6) is 0.467. The van der Waals surface area contributed by atoms with Crippen LogP contribution in [-0.2, 0) is 16.1 Å². The zero-order valence-electron chi connectivity index (χ0n) is 17.8. The van der Waals surface area contributed by atoms with Crippen molar-refractivity contribution in [2.75, 3.05) is 46.2 Å². The van der Waals surface area contributed by atoms with Crippen molar-refractivity contribution < 1.29 is 28.4 Å². The predicted octanol–water partition coefficient (Wildman–Crippen LogP) is 1.34. The van der Waals surface area contributed by atoms with Crippen LogP contribution in [-0.4, -0.2) is 57.6 Å². The predicted molar refractivity (Wildman–Crippen MR) is 112 cm³/mol. The van der Waals surface area contributed by atoms with Crippen LogP contribution in [0.2, 0.25) is 0 Å². The molecule has 30 heavy (non-hydrogen) atoms. The van der Waals surface area contributed by atoms with Gasteiger partial charge in [-0.3, -0.25) is 9.59 Å². The first-order chi connectivity index (χ1) is 14.4. The van der Waals surface area contributed by atoms with Gasteiger partial charge in [-0.25, -0.2) is 4.39 Å². The van der Waals surface area contributed by atoms with Crippen LogP contribution in [0.4, 0.5) is 10.1 Å². The highest BCUT2D eigenvalue weighted by Gasteiger charge is 2.20. The first kappa shape index (κ1) is 23.2. The highest BCUT2D eigenvalue weighted by atomic mass is 19.1. The van der Waals surface area contributed by atoms with Gasteiger partial charge in [-0.2, -0.15) is 0 Å². The highest BCUT2D eigenvalue weighted by Crippen LogP contribution is 2.28. The Morgan fingerprint density at radius 1 is 1.07 bits per heavy atom. The zero-order chi connectivity index (χ0) is 22.1. The van der Waals surface area contributed by atoms with E-state index in [0.29, 0.717) is 30.3 Å². The van der Waals surface area contributed by atoms with E-state index in [9.17, 15) is 14.0 Å². The Labute approximate surface area is 176 Å². The summed E-state index contributed by atoms with van der Waals surface area (Å²) in [5.41, 5.74) is 1.31. The molecule has 2 N–H and O–H groups in total. The number of carbonyl (C=O) groups excluding carboxylic acids is 2. The van der Waals surface area contributed by atoms with Crippen molar-refractivity contribution in [2.45, 2.75) is 13.5 Å². The lowest BCUT2D eigenvalue weighted by Crippen LogP contribution is -3.11. The van der Waals surface area contributed by atoms with E-state index in [0.717, 1.165) is 10.5 Å². The van der Waals surface area contributed by atoms with E-state index in [1.54, 1.807) is 38.3 Å². The first-order valence-corrected chi connectivity index (χ1v) is 9.71. The third-order valence-electron chi connectivity index (χ3n) is 4.58. The lowest BCUT2D eigenvalue weighted by molar-refractivity contribution is -0.862. The van der Waals surface area contributed by atoms with E-state index in [4.69, 9.17) is 9.47 Å². The number of ether oxygens (including phenoxy) is 2. The number of halogens is 1. The van der Waals surface area contributed by atoms with Crippen LogP contribution < -0.4 is 19.7 Å². The van der Waals surface area contributed by atoms with Gasteiger partial charge in [-0.1, -0.05) is 12.1 Å². The largest absolute Gasteiger partial charge is 0.493 e. The monoisotopic (exact) mass is 418 g/mol. The average molecular weight is 418 g/mol. The van der Waals surface area contributed by atoms with Crippen LogP contribution in [0.5, 0.6) is 11.5 Å². The number of hydrogen-bond donors (Lipinski definition) is 2. The molecule has 0 fully saturated rings. The molecule has 2 aromatic carbocycles. The van der Waals surface area contributed by atoms with Crippen molar-refractivity contribution in [3.8, 4) is 11.5 Å². The van der Waals surface area contributed by atoms with Gasteiger partial charge in [-0.05, 0) is 42.8 Å². The van der Waals surface area contributed by atoms with Gasteiger partial charge in [0, 0.05) is 18.8 Å². The number of rotatable bonds is 10. The minimum atomic E-state index is -0.419. The van der Waals surface area contributed by atoms with Crippen molar-refractivity contribution in [3.05, 3.63) is 53.8 Å². The van der Waals surface area contributed by atoms with Crippen LogP contribution in [0.15, 0.2) is 42.5 Å². The fourth-order valence-electron chi connectivity index (χ4n) is 3.05. The van der Waals surface area contributed by atoms with Crippen molar-refractivity contribution in [3.63, 3.8) is 0 Å². The minimum Gasteiger partial charge on any atom is -0.493 e. The molecule has 0 heterocycles. The Hall–Kier alpha value is -3.13. The number of methoxy groups -OCH3 is 2. The number of likely N-dealkylation sites (N-methyl/N-ethyl adjacent to an activating group) is 2. The molecular formula is C22H29FN3O4+. The van der Waals surface area contributed by atoms with Crippen LogP contribution in [0.25, 0.3) is 0 Å². The number of nitrogens with zero attached hydrogens (tertiary/aromatic N) is 1. The number of amides is 2. The van der Waals surface area contributed by atoms with Crippen molar-refractivity contribution >= 4 is 17.5 Å². The molecule has 0 radical (unpaired) electrons. The lowest BCUT2D eigenvalue weighted by atomic mass is 10.2. The second-order valence-corrected chi connectivity index (χ2v) is 6.97. The van der Waals surface area contributed by atoms with E-state index in [1.165, 1.54) is 18.2 Å². The topological polar surface area (TPSA) is 72.3 Å². The maximum Gasteiger partial charge on any atom is 0.279 e. The molecule has 2 amide bonds. The molecule has 1 unspecified atom stereocenters. The third kappa shape index (κ3) is 6.73. The van der Waals surface area contributed by atoms with E-state index >= 15 is 0 Å². The molecule has 0 saturated carbocycles. The minimum absolute atomic E-state index is 0.0664. The van der Waals surface area contributed by atoms with E-state index < -0.39 is 5.82 Å². The van der Waals surface area contributed by atoms with E-state index in [1.807, 2.05) is 19.1 Å². The summed E-state index contributed by atoms with van der Waals surface area (Å²) >= 11 is 0. The molecule has 0 aliphatic rings. The molecule has 162 valence electrons. The Bertz CT molecular complexity index is 875. The Morgan fingerprint density at radius 3 is 2.43 bits per heavy atom. The summed E-state index contributed by atoms with van der Waals surface area (Å²) in [6.07, 6.45) is 0. The molecule has 1 atom stereocenters. The molecule has 2 aromatic rings. The van der Waals surface area contributed by atoms with Gasteiger partial charge in [0.15, 0.2) is 24.6 Å². The van der Waals surface area contributed by atoms with Crippen LogP contribution in [0.3, 0.4) is 0 Å². The van der Waals surface area contributed by atoms with Crippen molar-refractivity contribution in [1.29, 1.82) is 0 Å².